The quantitative estimate of drug-likeness (QED) is 0.877. The van der Waals surface area contributed by atoms with Crippen molar-refractivity contribution in [1.82, 2.24) is 9.55 Å². The molecule has 1 spiro atoms. The number of nitriles is 1. The van der Waals surface area contributed by atoms with Gasteiger partial charge in [0.25, 0.3) is 5.56 Å². The lowest BCUT2D eigenvalue weighted by Gasteiger charge is -2.22. The van der Waals surface area contributed by atoms with Crippen molar-refractivity contribution < 1.29 is 0 Å². The molecule has 118 valence electrons. The largest absolute Gasteiger partial charge is 0.324 e. The molecule has 1 aliphatic carbocycles. The Morgan fingerprint density at radius 3 is 2.74 bits per heavy atom. The van der Waals surface area contributed by atoms with E-state index in [1.165, 1.54) is 12.8 Å². The first-order chi connectivity index (χ1) is 11.1. The van der Waals surface area contributed by atoms with E-state index in [-0.39, 0.29) is 17.0 Å². The fourth-order valence-corrected chi connectivity index (χ4v) is 4.34. The predicted molar refractivity (Wildman–Crippen MR) is 88.1 cm³/mol. The molecule has 1 saturated carbocycles. The summed E-state index contributed by atoms with van der Waals surface area (Å²) >= 11 is 0. The third kappa shape index (κ3) is 1.95. The van der Waals surface area contributed by atoms with Crippen LogP contribution in [0.3, 0.4) is 0 Å². The van der Waals surface area contributed by atoms with Crippen LogP contribution in [0.5, 0.6) is 0 Å². The zero-order valence-corrected chi connectivity index (χ0v) is 13.3. The second kappa shape index (κ2) is 4.90. The number of benzene rings is 1. The number of nitrogens with zero attached hydrogens (tertiary/aromatic N) is 3. The lowest BCUT2D eigenvalue weighted by atomic mass is 9.84. The minimum absolute atomic E-state index is 0.0206. The highest BCUT2D eigenvalue weighted by molar-refractivity contribution is 5.83. The Balaban J connectivity index is 2.08. The van der Waals surface area contributed by atoms with E-state index in [4.69, 9.17) is 10.7 Å². The molecule has 5 nitrogen and oxygen atoms in total. The van der Waals surface area contributed by atoms with Crippen molar-refractivity contribution in [2.75, 3.05) is 0 Å². The molecule has 2 N–H and O–H groups in total. The van der Waals surface area contributed by atoms with Crippen LogP contribution >= 0.6 is 0 Å². The maximum absolute atomic E-state index is 13.0. The molecule has 4 rings (SSSR count). The first kappa shape index (κ1) is 14.4. The fourth-order valence-electron chi connectivity index (χ4n) is 4.34. The lowest BCUT2D eigenvalue weighted by molar-refractivity contribution is 0.429. The van der Waals surface area contributed by atoms with Gasteiger partial charge >= 0.3 is 0 Å². The molecule has 0 unspecified atom stereocenters. The Labute approximate surface area is 134 Å². The second-order valence-electron chi connectivity index (χ2n) is 6.99. The zero-order chi connectivity index (χ0) is 16.2. The van der Waals surface area contributed by atoms with Gasteiger partial charge in [0.2, 0.25) is 0 Å². The van der Waals surface area contributed by atoms with Crippen LogP contribution in [0.1, 0.15) is 62.0 Å². The van der Waals surface area contributed by atoms with Crippen LogP contribution < -0.4 is 11.3 Å². The molecule has 1 fully saturated rings. The maximum Gasteiger partial charge on any atom is 0.261 e. The molecule has 5 heteroatoms. The minimum atomic E-state index is -0.262. The highest BCUT2D eigenvalue weighted by Crippen LogP contribution is 2.46. The van der Waals surface area contributed by atoms with E-state index in [9.17, 15) is 10.1 Å². The van der Waals surface area contributed by atoms with E-state index in [2.05, 4.69) is 6.07 Å². The number of nitrogens with two attached hydrogens (primary N) is 1. The summed E-state index contributed by atoms with van der Waals surface area (Å²) in [4.78, 5) is 17.9. The smallest absolute Gasteiger partial charge is 0.261 e. The SMILES string of the molecule is C[C@@H](N)c1cc(C#N)cc2c(=O)n3c(nc12)C1(CCCC1)CC3. The van der Waals surface area contributed by atoms with Gasteiger partial charge in [-0.15, -0.1) is 0 Å². The number of aromatic nitrogens is 2. The summed E-state index contributed by atoms with van der Waals surface area (Å²) < 4.78 is 1.83. The van der Waals surface area contributed by atoms with Crippen LogP contribution in [-0.4, -0.2) is 9.55 Å². The van der Waals surface area contributed by atoms with Crippen LogP contribution in [-0.2, 0) is 12.0 Å². The highest BCUT2D eigenvalue weighted by Gasteiger charge is 2.43. The molecular formula is C18H20N4O. The van der Waals surface area contributed by atoms with Crippen LogP contribution in [0, 0.1) is 11.3 Å². The van der Waals surface area contributed by atoms with E-state index in [0.717, 1.165) is 37.2 Å². The molecule has 2 aromatic rings. The van der Waals surface area contributed by atoms with Crippen molar-refractivity contribution in [2.45, 2.75) is 57.0 Å². The Morgan fingerprint density at radius 2 is 2.09 bits per heavy atom. The lowest BCUT2D eigenvalue weighted by Crippen LogP contribution is -2.27. The van der Waals surface area contributed by atoms with Gasteiger partial charge in [-0.05, 0) is 43.9 Å². The standard InChI is InChI=1S/C18H20N4O/c1-11(20)13-8-12(10-19)9-14-15(13)21-17-18(4-2-3-5-18)6-7-22(17)16(14)23/h8-9,11H,2-7,20H2,1H3/t11-/m1/s1. The number of hydrogen-bond donors (Lipinski definition) is 1. The molecule has 0 bridgehead atoms. The van der Waals surface area contributed by atoms with Gasteiger partial charge in [0.15, 0.2) is 0 Å². The van der Waals surface area contributed by atoms with Gasteiger partial charge in [-0.1, -0.05) is 12.8 Å². The molecule has 1 atom stereocenters. The molecule has 2 heterocycles. The predicted octanol–water partition coefficient (Wildman–Crippen LogP) is 2.50. The monoisotopic (exact) mass is 308 g/mol. The molecule has 1 aliphatic heterocycles. The van der Waals surface area contributed by atoms with Crippen LogP contribution in [0.15, 0.2) is 16.9 Å². The number of hydrogen-bond acceptors (Lipinski definition) is 4. The van der Waals surface area contributed by atoms with Gasteiger partial charge in [-0.2, -0.15) is 5.26 Å². The Hall–Kier alpha value is -2.19. The summed E-state index contributed by atoms with van der Waals surface area (Å²) in [5.74, 6) is 0.944. The Morgan fingerprint density at radius 1 is 1.35 bits per heavy atom. The molecule has 0 saturated heterocycles. The van der Waals surface area contributed by atoms with Gasteiger partial charge in [0.1, 0.15) is 5.82 Å². The number of fused-ring (bicyclic) bond motifs is 3. The summed E-state index contributed by atoms with van der Waals surface area (Å²) in [5, 5.41) is 9.76. The maximum atomic E-state index is 13.0. The molecule has 2 aliphatic rings. The molecule has 0 radical (unpaired) electrons. The summed E-state index contributed by atoms with van der Waals surface area (Å²) in [5.41, 5.74) is 8.09. The molecule has 1 aromatic heterocycles. The summed E-state index contributed by atoms with van der Waals surface area (Å²) in [6.07, 6.45) is 5.66. The summed E-state index contributed by atoms with van der Waals surface area (Å²) in [6, 6.07) is 5.29. The minimum Gasteiger partial charge on any atom is -0.324 e. The van der Waals surface area contributed by atoms with E-state index >= 15 is 0 Å². The first-order valence-corrected chi connectivity index (χ1v) is 8.30. The van der Waals surface area contributed by atoms with E-state index < -0.39 is 0 Å². The van der Waals surface area contributed by atoms with E-state index in [1.54, 1.807) is 12.1 Å². The van der Waals surface area contributed by atoms with Crippen LogP contribution in [0.25, 0.3) is 10.9 Å². The third-order valence-corrected chi connectivity index (χ3v) is 5.56. The van der Waals surface area contributed by atoms with Crippen molar-refractivity contribution in [2.24, 2.45) is 5.73 Å². The van der Waals surface area contributed by atoms with E-state index in [1.807, 2.05) is 11.5 Å². The van der Waals surface area contributed by atoms with E-state index in [0.29, 0.717) is 16.5 Å². The average molecular weight is 308 g/mol. The van der Waals surface area contributed by atoms with Crippen LogP contribution in [0.4, 0.5) is 0 Å². The van der Waals surface area contributed by atoms with Crippen molar-refractivity contribution >= 4 is 10.9 Å². The molecule has 0 amide bonds. The molecule has 23 heavy (non-hydrogen) atoms. The van der Waals surface area contributed by atoms with Crippen molar-refractivity contribution in [3.63, 3.8) is 0 Å². The van der Waals surface area contributed by atoms with Gasteiger partial charge in [-0.25, -0.2) is 4.98 Å². The number of rotatable bonds is 1. The van der Waals surface area contributed by atoms with Gasteiger partial charge in [0.05, 0.1) is 22.5 Å². The normalized spacial score (nSPS) is 19.9. The fraction of sp³-hybridized carbons (Fsp3) is 0.500. The molecular weight excluding hydrogens is 288 g/mol. The summed E-state index contributed by atoms with van der Waals surface area (Å²) in [7, 11) is 0. The molecule has 1 aromatic carbocycles. The third-order valence-electron chi connectivity index (χ3n) is 5.56. The van der Waals surface area contributed by atoms with Gasteiger partial charge in [-0.3, -0.25) is 9.36 Å². The van der Waals surface area contributed by atoms with Gasteiger partial charge in [0, 0.05) is 18.0 Å². The second-order valence-corrected chi connectivity index (χ2v) is 6.99. The van der Waals surface area contributed by atoms with Crippen molar-refractivity contribution in [3.8, 4) is 6.07 Å². The Kier molecular flexibility index (Phi) is 3.07. The van der Waals surface area contributed by atoms with Crippen molar-refractivity contribution in [1.29, 1.82) is 5.26 Å². The van der Waals surface area contributed by atoms with Crippen LogP contribution in [0.2, 0.25) is 0 Å². The topological polar surface area (TPSA) is 84.7 Å². The zero-order valence-electron chi connectivity index (χ0n) is 13.3. The van der Waals surface area contributed by atoms with Crippen molar-refractivity contribution in [3.05, 3.63) is 39.4 Å². The average Bonchev–Trinajstić information content (AvgIpc) is 3.16. The summed E-state index contributed by atoms with van der Waals surface area (Å²) in [6.45, 7) is 2.61. The highest BCUT2D eigenvalue weighted by atomic mass is 16.1. The Bertz CT molecular complexity index is 898. The van der Waals surface area contributed by atoms with Gasteiger partial charge < -0.3 is 5.73 Å². The first-order valence-electron chi connectivity index (χ1n) is 8.30.